The van der Waals surface area contributed by atoms with Gasteiger partial charge in [0.25, 0.3) is 15.6 Å². The molecule has 0 spiro atoms. The zero-order valence-corrected chi connectivity index (χ0v) is 16.4. The molecule has 0 amide bonds. The van der Waals surface area contributed by atoms with Gasteiger partial charge in [0.1, 0.15) is 0 Å². The molecule has 2 aromatic carbocycles. The fourth-order valence-electron chi connectivity index (χ4n) is 2.73. The number of rotatable bonds is 6. The van der Waals surface area contributed by atoms with Gasteiger partial charge in [0.05, 0.1) is 32.7 Å². The van der Waals surface area contributed by atoms with Gasteiger partial charge < -0.3 is 10.3 Å². The lowest BCUT2D eigenvalue weighted by Crippen LogP contribution is -2.22. The topological polar surface area (TPSA) is 124 Å². The Hall–Kier alpha value is -3.28. The van der Waals surface area contributed by atoms with Gasteiger partial charge in [-0.25, -0.2) is 13.2 Å². The first kappa shape index (κ1) is 21.4. The molecule has 30 heavy (non-hydrogen) atoms. The summed E-state index contributed by atoms with van der Waals surface area (Å²) in [5, 5.41) is 2.78. The van der Waals surface area contributed by atoms with Gasteiger partial charge >= 0.3 is 11.9 Å². The standard InChI is InChI=1S/C18H17F3N4O4S/c1-2-7-22-14-5-3-10(18(19,20)21)8-15(14)25-30(28,29)11-4-6-13-12(9-11)16(26)24-17(27)23-13/h3-6,8-9,22,25H,2,7H2,1H3,(H2,23,24,26,27). The molecule has 0 saturated carbocycles. The van der Waals surface area contributed by atoms with Gasteiger partial charge in [-0.2, -0.15) is 13.2 Å². The quantitative estimate of drug-likeness (QED) is 0.467. The number of aromatic amines is 2. The minimum absolute atomic E-state index is 0.0918. The monoisotopic (exact) mass is 442 g/mol. The Balaban J connectivity index is 2.06. The molecular formula is C18H17F3N4O4S. The van der Waals surface area contributed by atoms with Crippen LogP contribution in [0, 0.1) is 0 Å². The van der Waals surface area contributed by atoms with Crippen molar-refractivity contribution in [2.24, 2.45) is 0 Å². The summed E-state index contributed by atoms with van der Waals surface area (Å²) in [6, 6.07) is 6.07. The molecule has 160 valence electrons. The molecule has 4 N–H and O–H groups in total. The summed E-state index contributed by atoms with van der Waals surface area (Å²) >= 11 is 0. The minimum atomic E-state index is -4.66. The van der Waals surface area contributed by atoms with E-state index in [4.69, 9.17) is 0 Å². The third-order valence-electron chi connectivity index (χ3n) is 4.18. The molecule has 0 saturated heterocycles. The molecule has 0 aliphatic heterocycles. The second kappa shape index (κ2) is 7.86. The number of alkyl halides is 3. The van der Waals surface area contributed by atoms with Crippen molar-refractivity contribution in [3.8, 4) is 0 Å². The summed E-state index contributed by atoms with van der Waals surface area (Å²) in [6.07, 6.45) is -4.00. The van der Waals surface area contributed by atoms with E-state index in [2.05, 4.69) is 15.0 Å². The molecule has 0 fully saturated rings. The number of H-pyrrole nitrogens is 2. The lowest BCUT2D eigenvalue weighted by Gasteiger charge is -2.16. The number of aromatic nitrogens is 2. The number of halogens is 3. The third-order valence-corrected chi connectivity index (χ3v) is 5.54. The molecule has 0 radical (unpaired) electrons. The number of sulfonamides is 1. The highest BCUT2D eigenvalue weighted by molar-refractivity contribution is 7.92. The molecule has 8 nitrogen and oxygen atoms in total. The van der Waals surface area contributed by atoms with E-state index in [1.54, 1.807) is 0 Å². The molecule has 1 heterocycles. The third kappa shape index (κ3) is 4.48. The number of hydrogen-bond donors (Lipinski definition) is 4. The van der Waals surface area contributed by atoms with Crippen LogP contribution in [0.5, 0.6) is 0 Å². The van der Waals surface area contributed by atoms with E-state index in [1.807, 2.05) is 11.9 Å². The summed E-state index contributed by atoms with van der Waals surface area (Å²) in [4.78, 5) is 27.2. The van der Waals surface area contributed by atoms with Gasteiger partial charge in [-0.15, -0.1) is 0 Å². The van der Waals surface area contributed by atoms with Crippen molar-refractivity contribution in [1.82, 2.24) is 9.97 Å². The van der Waals surface area contributed by atoms with Crippen molar-refractivity contribution < 1.29 is 21.6 Å². The SMILES string of the molecule is CCCNc1ccc(C(F)(F)F)cc1NS(=O)(=O)c1ccc2[nH]c(=O)[nH]c(=O)c2c1. The highest BCUT2D eigenvalue weighted by Gasteiger charge is 2.31. The molecule has 0 aliphatic carbocycles. The van der Waals surface area contributed by atoms with Crippen LogP contribution in [0.15, 0.2) is 50.9 Å². The molecule has 1 aromatic heterocycles. The molecule has 0 atom stereocenters. The minimum Gasteiger partial charge on any atom is -0.383 e. The number of nitrogens with one attached hydrogen (secondary N) is 4. The van der Waals surface area contributed by atoms with Crippen LogP contribution in [0.25, 0.3) is 10.9 Å². The molecule has 0 unspecified atom stereocenters. The molecule has 3 aromatic rings. The highest BCUT2D eigenvalue weighted by Crippen LogP contribution is 2.35. The number of hydrogen-bond acceptors (Lipinski definition) is 5. The second-order valence-corrected chi connectivity index (χ2v) is 8.09. The summed E-state index contributed by atoms with van der Waals surface area (Å²) in [7, 11) is -4.34. The van der Waals surface area contributed by atoms with E-state index in [0.717, 1.165) is 24.3 Å². The van der Waals surface area contributed by atoms with Gasteiger partial charge in [0.2, 0.25) is 0 Å². The first-order valence-electron chi connectivity index (χ1n) is 8.75. The van der Waals surface area contributed by atoms with E-state index >= 15 is 0 Å². The molecule has 12 heteroatoms. The Morgan fingerprint density at radius 2 is 1.73 bits per heavy atom. The summed E-state index contributed by atoms with van der Waals surface area (Å²) in [5.74, 6) is 0. The first-order valence-corrected chi connectivity index (χ1v) is 10.2. The van der Waals surface area contributed by atoms with Gasteiger partial charge in [-0.1, -0.05) is 6.92 Å². The maximum atomic E-state index is 13.1. The molecule has 0 aliphatic rings. The van der Waals surface area contributed by atoms with Crippen LogP contribution in [-0.2, 0) is 16.2 Å². The smallest absolute Gasteiger partial charge is 0.383 e. The van der Waals surface area contributed by atoms with Crippen LogP contribution < -0.4 is 21.3 Å². The van der Waals surface area contributed by atoms with E-state index in [-0.39, 0.29) is 27.2 Å². The zero-order chi connectivity index (χ0) is 22.1. The lowest BCUT2D eigenvalue weighted by molar-refractivity contribution is -0.137. The summed E-state index contributed by atoms with van der Waals surface area (Å²) in [6.45, 7) is 2.26. The Morgan fingerprint density at radius 1 is 1.00 bits per heavy atom. The Kier molecular flexibility index (Phi) is 5.61. The van der Waals surface area contributed by atoms with Crippen LogP contribution in [0.4, 0.5) is 24.5 Å². The fourth-order valence-corrected chi connectivity index (χ4v) is 3.83. The number of benzene rings is 2. The van der Waals surface area contributed by atoms with Crippen molar-refractivity contribution in [2.45, 2.75) is 24.4 Å². The van der Waals surface area contributed by atoms with E-state index in [0.29, 0.717) is 19.0 Å². The molecule has 3 rings (SSSR count). The van der Waals surface area contributed by atoms with Crippen molar-refractivity contribution in [3.63, 3.8) is 0 Å². The van der Waals surface area contributed by atoms with Gasteiger partial charge in [0, 0.05) is 6.54 Å². The van der Waals surface area contributed by atoms with Crippen LogP contribution in [0.2, 0.25) is 0 Å². The van der Waals surface area contributed by atoms with Crippen molar-refractivity contribution >= 4 is 32.3 Å². The Labute approximate surface area is 168 Å². The van der Waals surface area contributed by atoms with Gasteiger partial charge in [0.15, 0.2) is 0 Å². The van der Waals surface area contributed by atoms with Gasteiger partial charge in [-0.05, 0) is 42.8 Å². The predicted octanol–water partition coefficient (Wildman–Crippen LogP) is 2.86. The number of anilines is 2. The normalized spacial score (nSPS) is 12.1. The van der Waals surface area contributed by atoms with Crippen LogP contribution in [0.1, 0.15) is 18.9 Å². The number of fused-ring (bicyclic) bond motifs is 1. The predicted molar refractivity (Wildman–Crippen MR) is 106 cm³/mol. The maximum absolute atomic E-state index is 13.1. The summed E-state index contributed by atoms with van der Waals surface area (Å²) in [5.41, 5.74) is -2.56. The van der Waals surface area contributed by atoms with Crippen LogP contribution >= 0.6 is 0 Å². The Bertz CT molecular complexity index is 1310. The van der Waals surface area contributed by atoms with E-state index in [1.165, 1.54) is 6.07 Å². The second-order valence-electron chi connectivity index (χ2n) is 6.41. The maximum Gasteiger partial charge on any atom is 0.416 e. The fraction of sp³-hybridized carbons (Fsp3) is 0.222. The van der Waals surface area contributed by atoms with E-state index < -0.39 is 33.0 Å². The first-order chi connectivity index (χ1) is 14.0. The lowest BCUT2D eigenvalue weighted by atomic mass is 10.1. The van der Waals surface area contributed by atoms with Crippen LogP contribution in [-0.4, -0.2) is 24.9 Å². The van der Waals surface area contributed by atoms with Crippen LogP contribution in [0.3, 0.4) is 0 Å². The van der Waals surface area contributed by atoms with Gasteiger partial charge in [-0.3, -0.25) is 14.5 Å². The van der Waals surface area contributed by atoms with Crippen molar-refractivity contribution in [2.75, 3.05) is 16.6 Å². The average Bonchev–Trinajstić information content (AvgIpc) is 2.65. The molecular weight excluding hydrogens is 425 g/mol. The molecule has 0 bridgehead atoms. The van der Waals surface area contributed by atoms with Crippen molar-refractivity contribution in [3.05, 3.63) is 62.8 Å². The largest absolute Gasteiger partial charge is 0.416 e. The average molecular weight is 442 g/mol. The van der Waals surface area contributed by atoms with E-state index in [9.17, 15) is 31.2 Å². The van der Waals surface area contributed by atoms with Crippen molar-refractivity contribution in [1.29, 1.82) is 0 Å². The zero-order valence-electron chi connectivity index (χ0n) is 15.6. The summed E-state index contributed by atoms with van der Waals surface area (Å²) < 4.78 is 67.0. The Morgan fingerprint density at radius 3 is 2.40 bits per heavy atom. The highest BCUT2D eigenvalue weighted by atomic mass is 32.2.